The fourth-order valence-electron chi connectivity index (χ4n) is 2.82. The molecule has 0 aliphatic carbocycles. The first-order valence-electron chi connectivity index (χ1n) is 8.66. The molecule has 0 aliphatic heterocycles. The summed E-state index contributed by atoms with van der Waals surface area (Å²) in [5, 5.41) is 10.8. The van der Waals surface area contributed by atoms with Gasteiger partial charge in [0, 0.05) is 18.2 Å². The number of halogens is 1. The van der Waals surface area contributed by atoms with E-state index in [-0.39, 0.29) is 30.1 Å². The number of nitrogens with zero attached hydrogens (tertiary/aromatic N) is 5. The summed E-state index contributed by atoms with van der Waals surface area (Å²) < 4.78 is 26.5. The molecule has 0 fully saturated rings. The lowest BCUT2D eigenvalue weighted by Gasteiger charge is -2.10. The van der Waals surface area contributed by atoms with Crippen LogP contribution in [0.3, 0.4) is 0 Å². The number of ether oxygens (including phenoxy) is 2. The first-order chi connectivity index (χ1) is 14.1. The summed E-state index contributed by atoms with van der Waals surface area (Å²) in [5.74, 6) is 0.126. The summed E-state index contributed by atoms with van der Waals surface area (Å²) in [6.07, 6.45) is 0. The van der Waals surface area contributed by atoms with Gasteiger partial charge in [-0.05, 0) is 30.3 Å². The topological polar surface area (TPSA) is 99.9 Å². The van der Waals surface area contributed by atoms with E-state index in [1.54, 1.807) is 31.3 Å². The maximum Gasteiger partial charge on any atom is 0.353 e. The second-order valence-corrected chi connectivity index (χ2v) is 6.12. The third-order valence-electron chi connectivity index (χ3n) is 4.25. The molecule has 9 nitrogen and oxygen atoms in total. The molecule has 2 aromatic carbocycles. The zero-order valence-corrected chi connectivity index (χ0v) is 15.7. The zero-order valence-electron chi connectivity index (χ0n) is 15.7. The van der Waals surface area contributed by atoms with Crippen LogP contribution in [-0.2, 0) is 13.7 Å². The van der Waals surface area contributed by atoms with Crippen molar-refractivity contribution in [3.63, 3.8) is 0 Å². The summed E-state index contributed by atoms with van der Waals surface area (Å²) in [5.41, 5.74) is 1.64. The van der Waals surface area contributed by atoms with Crippen molar-refractivity contribution in [2.45, 2.75) is 6.61 Å². The van der Waals surface area contributed by atoms with Crippen molar-refractivity contribution < 1.29 is 13.9 Å². The molecule has 2 aromatic heterocycles. The van der Waals surface area contributed by atoms with Crippen molar-refractivity contribution in [1.29, 1.82) is 0 Å². The molecule has 29 heavy (non-hydrogen) atoms. The van der Waals surface area contributed by atoms with Crippen LogP contribution in [0, 0.1) is 5.82 Å². The van der Waals surface area contributed by atoms with Gasteiger partial charge in [0.1, 0.15) is 12.4 Å². The minimum Gasteiger partial charge on any atom is -0.467 e. The molecule has 0 atom stereocenters. The molecule has 0 spiro atoms. The van der Waals surface area contributed by atoms with Crippen molar-refractivity contribution in [2.24, 2.45) is 7.05 Å². The van der Waals surface area contributed by atoms with E-state index in [0.717, 1.165) is 0 Å². The molecule has 10 heteroatoms. The van der Waals surface area contributed by atoms with Crippen molar-refractivity contribution in [1.82, 2.24) is 29.5 Å². The van der Waals surface area contributed by atoms with Gasteiger partial charge in [0.15, 0.2) is 5.82 Å². The number of H-pyrrole nitrogens is 1. The fourth-order valence-corrected chi connectivity index (χ4v) is 2.82. The SMILES string of the molecule is COc1nn(C)c(=O)n1-c1ccccc1COc1n[nH]c(-c2ccc(F)cc2)n1. The van der Waals surface area contributed by atoms with Gasteiger partial charge < -0.3 is 9.47 Å². The second kappa shape index (κ2) is 7.58. The van der Waals surface area contributed by atoms with Crippen molar-refractivity contribution in [3.05, 3.63) is 70.4 Å². The van der Waals surface area contributed by atoms with Gasteiger partial charge >= 0.3 is 17.7 Å². The van der Waals surface area contributed by atoms with Gasteiger partial charge in [-0.3, -0.25) is 5.10 Å². The Kier molecular flexibility index (Phi) is 4.82. The molecular weight excluding hydrogens is 379 g/mol. The number of nitrogens with one attached hydrogen (secondary N) is 1. The quantitative estimate of drug-likeness (QED) is 0.536. The predicted octanol–water partition coefficient (Wildman–Crippen LogP) is 2.08. The first kappa shape index (κ1) is 18.4. The molecule has 0 bridgehead atoms. The Morgan fingerprint density at radius 3 is 2.66 bits per heavy atom. The minimum absolute atomic E-state index is 0.112. The van der Waals surface area contributed by atoms with E-state index in [9.17, 15) is 9.18 Å². The summed E-state index contributed by atoms with van der Waals surface area (Å²) in [4.78, 5) is 16.7. The molecule has 0 unspecified atom stereocenters. The van der Waals surface area contributed by atoms with Gasteiger partial charge in [-0.1, -0.05) is 18.2 Å². The molecule has 0 saturated carbocycles. The number of para-hydroxylation sites is 1. The van der Waals surface area contributed by atoms with Crippen molar-refractivity contribution in [2.75, 3.05) is 7.11 Å². The van der Waals surface area contributed by atoms with E-state index in [1.165, 1.54) is 28.5 Å². The highest BCUT2D eigenvalue weighted by atomic mass is 19.1. The Bertz CT molecular complexity index is 1200. The molecule has 0 radical (unpaired) electrons. The first-order valence-corrected chi connectivity index (χ1v) is 8.66. The molecule has 4 rings (SSSR count). The number of aromatic nitrogens is 6. The van der Waals surface area contributed by atoms with Crippen LogP contribution in [0.25, 0.3) is 17.1 Å². The van der Waals surface area contributed by atoms with E-state index in [1.807, 2.05) is 12.1 Å². The monoisotopic (exact) mass is 396 g/mol. The second-order valence-electron chi connectivity index (χ2n) is 6.12. The smallest absolute Gasteiger partial charge is 0.353 e. The Labute approximate surface area is 164 Å². The maximum atomic E-state index is 13.1. The molecular formula is C19H17FN6O3. The molecule has 0 aliphatic rings. The predicted molar refractivity (Wildman–Crippen MR) is 101 cm³/mol. The van der Waals surface area contributed by atoms with Crippen LogP contribution in [-0.4, -0.2) is 36.6 Å². The molecule has 4 aromatic rings. The van der Waals surface area contributed by atoms with E-state index < -0.39 is 0 Å². The van der Waals surface area contributed by atoms with Crippen LogP contribution >= 0.6 is 0 Å². The minimum atomic E-state index is -0.342. The largest absolute Gasteiger partial charge is 0.467 e. The molecule has 148 valence electrons. The number of benzene rings is 2. The number of hydrogen-bond donors (Lipinski definition) is 1. The summed E-state index contributed by atoms with van der Waals surface area (Å²) in [6.45, 7) is 0.112. The number of methoxy groups -OCH3 is 1. The van der Waals surface area contributed by atoms with Gasteiger partial charge in [0.2, 0.25) is 0 Å². The Morgan fingerprint density at radius 1 is 1.14 bits per heavy atom. The zero-order chi connectivity index (χ0) is 20.4. The van der Waals surface area contributed by atoms with Crippen molar-refractivity contribution >= 4 is 0 Å². The van der Waals surface area contributed by atoms with Gasteiger partial charge in [-0.15, -0.1) is 10.2 Å². The normalized spacial score (nSPS) is 10.9. The van der Waals surface area contributed by atoms with Gasteiger partial charge in [-0.2, -0.15) is 4.98 Å². The summed E-state index contributed by atoms with van der Waals surface area (Å²) in [6, 6.07) is 13.4. The van der Waals surface area contributed by atoms with Gasteiger partial charge in [-0.25, -0.2) is 18.4 Å². The van der Waals surface area contributed by atoms with Crippen LogP contribution in [0.5, 0.6) is 12.0 Å². The number of hydrogen-bond acceptors (Lipinski definition) is 6. The lowest BCUT2D eigenvalue weighted by molar-refractivity contribution is 0.281. The molecule has 0 saturated heterocycles. The molecule has 0 amide bonds. The highest BCUT2D eigenvalue weighted by Crippen LogP contribution is 2.21. The number of aryl methyl sites for hydroxylation is 1. The lowest BCUT2D eigenvalue weighted by Crippen LogP contribution is -2.22. The molecule has 1 N–H and O–H groups in total. The van der Waals surface area contributed by atoms with Gasteiger partial charge in [0.25, 0.3) is 0 Å². The standard InChI is InChI=1S/C19H17FN6O3/c1-25-19(27)26(18(24-25)28-2)15-6-4-3-5-13(15)11-29-17-21-16(22-23-17)12-7-9-14(20)10-8-12/h3-10H,11H2,1-2H3,(H,21,22,23). The maximum absolute atomic E-state index is 13.1. The van der Waals surface area contributed by atoms with Crippen molar-refractivity contribution in [3.8, 4) is 29.1 Å². The van der Waals surface area contributed by atoms with E-state index >= 15 is 0 Å². The van der Waals surface area contributed by atoms with E-state index in [0.29, 0.717) is 22.6 Å². The average molecular weight is 396 g/mol. The van der Waals surface area contributed by atoms with Crippen LogP contribution in [0.15, 0.2) is 53.3 Å². The summed E-state index contributed by atoms with van der Waals surface area (Å²) >= 11 is 0. The Morgan fingerprint density at radius 2 is 1.90 bits per heavy atom. The third kappa shape index (κ3) is 3.59. The van der Waals surface area contributed by atoms with Crippen LogP contribution in [0.2, 0.25) is 0 Å². The van der Waals surface area contributed by atoms with E-state index in [4.69, 9.17) is 9.47 Å². The summed E-state index contributed by atoms with van der Waals surface area (Å²) in [7, 11) is 2.99. The number of aromatic amines is 1. The number of rotatable bonds is 6. The highest BCUT2D eigenvalue weighted by molar-refractivity contribution is 5.54. The Hall–Kier alpha value is -3.95. The average Bonchev–Trinajstić information content (AvgIpc) is 3.32. The van der Waals surface area contributed by atoms with E-state index in [2.05, 4.69) is 20.3 Å². The third-order valence-corrected chi connectivity index (χ3v) is 4.25. The van der Waals surface area contributed by atoms with Gasteiger partial charge in [0.05, 0.1) is 12.8 Å². The Balaban J connectivity index is 1.58. The lowest BCUT2D eigenvalue weighted by atomic mass is 10.2. The van der Waals surface area contributed by atoms with Crippen LogP contribution in [0.1, 0.15) is 5.56 Å². The van der Waals surface area contributed by atoms with Crippen LogP contribution in [0.4, 0.5) is 4.39 Å². The van der Waals surface area contributed by atoms with Crippen LogP contribution < -0.4 is 15.2 Å². The highest BCUT2D eigenvalue weighted by Gasteiger charge is 2.17. The fraction of sp³-hybridized carbons (Fsp3) is 0.158. The molecule has 2 heterocycles.